The van der Waals surface area contributed by atoms with E-state index in [2.05, 4.69) is 5.32 Å². The summed E-state index contributed by atoms with van der Waals surface area (Å²) in [6.07, 6.45) is 0.607. The third-order valence-electron chi connectivity index (χ3n) is 2.23. The Labute approximate surface area is 108 Å². The summed E-state index contributed by atoms with van der Waals surface area (Å²) in [5, 5.41) is 20.6. The predicted molar refractivity (Wildman–Crippen MR) is 68.9 cm³/mol. The second-order valence-corrected chi connectivity index (χ2v) is 5.63. The number of carbonyl (C=O) groups excluding carboxylic acids is 1. The molecule has 0 saturated carbocycles. The van der Waals surface area contributed by atoms with Gasteiger partial charge in [0.25, 0.3) is 5.91 Å². The highest BCUT2D eigenvalue weighted by molar-refractivity contribution is 8.11. The Morgan fingerprint density at radius 2 is 1.94 bits per heavy atom. The molecular formula is C10H15NO4S2. The normalized spacial score (nSPS) is 17.8. The molecule has 5 nitrogen and oxygen atoms in total. The summed E-state index contributed by atoms with van der Waals surface area (Å²) < 4.78 is 0. The van der Waals surface area contributed by atoms with E-state index in [1.807, 2.05) is 6.92 Å². The maximum atomic E-state index is 11.9. The quantitative estimate of drug-likeness (QED) is 0.684. The van der Waals surface area contributed by atoms with E-state index in [9.17, 15) is 9.59 Å². The molecule has 96 valence electrons. The summed E-state index contributed by atoms with van der Waals surface area (Å²) in [5.74, 6) is -0.0506. The molecule has 3 N–H and O–H groups in total. The highest BCUT2D eigenvalue weighted by Crippen LogP contribution is 2.34. The minimum absolute atomic E-state index is 0.103. The average molecular weight is 277 g/mol. The maximum absolute atomic E-state index is 11.9. The predicted octanol–water partition coefficient (Wildman–Crippen LogP) is 0.650. The molecular weight excluding hydrogens is 262 g/mol. The number of aliphatic carboxylic acids is 1. The lowest BCUT2D eigenvalue weighted by atomic mass is 10.2. The van der Waals surface area contributed by atoms with Crippen molar-refractivity contribution in [3.63, 3.8) is 0 Å². The molecule has 0 aromatic heterocycles. The van der Waals surface area contributed by atoms with Gasteiger partial charge in [0.1, 0.15) is 4.91 Å². The van der Waals surface area contributed by atoms with Gasteiger partial charge in [-0.15, -0.1) is 23.5 Å². The number of rotatable bonds is 5. The molecule has 1 aliphatic rings. The fraction of sp³-hybridized carbons (Fsp3) is 0.600. The fourth-order valence-corrected chi connectivity index (χ4v) is 3.46. The van der Waals surface area contributed by atoms with Crippen molar-refractivity contribution in [1.82, 2.24) is 5.32 Å². The average Bonchev–Trinajstić information content (AvgIpc) is 2.35. The first kappa shape index (κ1) is 14.4. The van der Waals surface area contributed by atoms with Crippen molar-refractivity contribution >= 4 is 35.4 Å². The number of aliphatic hydroxyl groups excluding tert-OH is 1. The second kappa shape index (κ2) is 6.93. The largest absolute Gasteiger partial charge is 0.477 e. The van der Waals surface area contributed by atoms with Gasteiger partial charge < -0.3 is 15.5 Å². The maximum Gasteiger partial charge on any atom is 0.343 e. The number of carboxylic acids is 1. The molecule has 1 aliphatic heterocycles. The summed E-state index contributed by atoms with van der Waals surface area (Å²) >= 11 is 2.44. The first-order valence-corrected chi connectivity index (χ1v) is 7.22. The van der Waals surface area contributed by atoms with Crippen LogP contribution in [-0.2, 0) is 9.59 Å². The van der Waals surface area contributed by atoms with Crippen LogP contribution in [0.2, 0.25) is 0 Å². The molecule has 0 aromatic rings. The standard InChI is InChI=1S/C10H15NO4S2/c1-2-6(5-12)11-9(13)7-8(10(14)15)17-4-3-16-7/h6,12H,2-5H2,1H3,(H,11,13)(H,14,15)/t6-/m0/s1. The van der Waals surface area contributed by atoms with Crippen LogP contribution < -0.4 is 5.32 Å². The van der Waals surface area contributed by atoms with E-state index >= 15 is 0 Å². The summed E-state index contributed by atoms with van der Waals surface area (Å²) in [6, 6.07) is -0.322. The molecule has 1 atom stereocenters. The Balaban J connectivity index is 2.81. The molecule has 1 amide bonds. The van der Waals surface area contributed by atoms with Crippen LogP contribution in [0.5, 0.6) is 0 Å². The van der Waals surface area contributed by atoms with Crippen molar-refractivity contribution in [3.05, 3.63) is 9.81 Å². The van der Waals surface area contributed by atoms with E-state index in [1.165, 1.54) is 23.5 Å². The molecule has 17 heavy (non-hydrogen) atoms. The molecule has 0 unspecified atom stereocenters. The molecule has 0 saturated heterocycles. The molecule has 0 aliphatic carbocycles. The van der Waals surface area contributed by atoms with E-state index in [4.69, 9.17) is 10.2 Å². The number of nitrogens with one attached hydrogen (secondary N) is 1. The zero-order valence-corrected chi connectivity index (χ0v) is 11.1. The lowest BCUT2D eigenvalue weighted by molar-refractivity contribution is -0.132. The highest BCUT2D eigenvalue weighted by Gasteiger charge is 2.26. The number of hydrogen-bond donors (Lipinski definition) is 3. The number of amides is 1. The van der Waals surface area contributed by atoms with Crippen molar-refractivity contribution in [3.8, 4) is 0 Å². The SMILES string of the molecule is CC[C@@H](CO)NC(=O)C1=C(C(=O)O)SCCS1. The Morgan fingerprint density at radius 1 is 1.35 bits per heavy atom. The van der Waals surface area contributed by atoms with Crippen LogP contribution >= 0.6 is 23.5 Å². The number of carboxylic acid groups (broad SMARTS) is 1. The Morgan fingerprint density at radius 3 is 2.41 bits per heavy atom. The second-order valence-electron chi connectivity index (χ2n) is 3.42. The van der Waals surface area contributed by atoms with Crippen molar-refractivity contribution in [1.29, 1.82) is 0 Å². The molecule has 0 radical (unpaired) electrons. The van der Waals surface area contributed by atoms with Crippen molar-refractivity contribution < 1.29 is 19.8 Å². The number of thioether (sulfide) groups is 2. The van der Waals surface area contributed by atoms with Gasteiger partial charge in [-0.05, 0) is 6.42 Å². The number of hydrogen-bond acceptors (Lipinski definition) is 5. The van der Waals surface area contributed by atoms with Crippen LogP contribution in [0.25, 0.3) is 0 Å². The Hall–Kier alpha value is -0.660. The summed E-state index contributed by atoms with van der Waals surface area (Å²) in [4.78, 5) is 23.2. The Bertz CT molecular complexity index is 339. The van der Waals surface area contributed by atoms with Gasteiger partial charge in [-0.1, -0.05) is 6.92 Å². The lowest BCUT2D eigenvalue weighted by Gasteiger charge is -2.19. The van der Waals surface area contributed by atoms with Gasteiger partial charge in [0, 0.05) is 11.5 Å². The summed E-state index contributed by atoms with van der Waals surface area (Å²) in [5.41, 5.74) is 0. The third-order valence-corrected chi connectivity index (χ3v) is 4.78. The first-order chi connectivity index (χ1) is 8.10. The minimum Gasteiger partial charge on any atom is -0.477 e. The number of aliphatic hydroxyl groups is 1. The van der Waals surface area contributed by atoms with E-state index < -0.39 is 11.9 Å². The van der Waals surface area contributed by atoms with Gasteiger partial charge in [-0.25, -0.2) is 4.79 Å². The molecule has 0 bridgehead atoms. The van der Waals surface area contributed by atoms with Gasteiger partial charge in [-0.3, -0.25) is 4.79 Å². The van der Waals surface area contributed by atoms with Crippen molar-refractivity contribution in [2.75, 3.05) is 18.1 Å². The highest BCUT2D eigenvalue weighted by atomic mass is 32.2. The third kappa shape index (κ3) is 3.93. The van der Waals surface area contributed by atoms with Crippen LogP contribution in [0.3, 0.4) is 0 Å². The Kier molecular flexibility index (Phi) is 5.87. The topological polar surface area (TPSA) is 86.6 Å². The van der Waals surface area contributed by atoms with E-state index in [-0.39, 0.29) is 22.5 Å². The van der Waals surface area contributed by atoms with Crippen LogP contribution in [-0.4, -0.2) is 46.2 Å². The monoisotopic (exact) mass is 277 g/mol. The van der Waals surface area contributed by atoms with Crippen LogP contribution in [0.15, 0.2) is 9.81 Å². The zero-order valence-electron chi connectivity index (χ0n) is 9.43. The fourth-order valence-electron chi connectivity index (χ4n) is 1.27. The minimum atomic E-state index is -1.07. The van der Waals surface area contributed by atoms with Gasteiger partial charge in [0.2, 0.25) is 0 Å². The molecule has 1 heterocycles. The smallest absolute Gasteiger partial charge is 0.343 e. The van der Waals surface area contributed by atoms with Crippen LogP contribution in [0.1, 0.15) is 13.3 Å². The molecule has 7 heteroatoms. The van der Waals surface area contributed by atoms with Gasteiger partial charge in [0.15, 0.2) is 0 Å². The van der Waals surface area contributed by atoms with Gasteiger partial charge in [-0.2, -0.15) is 0 Å². The molecule has 1 rings (SSSR count). The van der Waals surface area contributed by atoms with Gasteiger partial charge in [0.05, 0.1) is 17.6 Å². The molecule has 0 aromatic carbocycles. The summed E-state index contributed by atoms with van der Waals surface area (Å²) in [7, 11) is 0. The molecule has 0 fully saturated rings. The van der Waals surface area contributed by atoms with Crippen LogP contribution in [0.4, 0.5) is 0 Å². The lowest BCUT2D eigenvalue weighted by Crippen LogP contribution is -2.38. The van der Waals surface area contributed by atoms with Crippen molar-refractivity contribution in [2.24, 2.45) is 0 Å². The van der Waals surface area contributed by atoms with E-state index in [1.54, 1.807) is 0 Å². The number of carbonyl (C=O) groups is 2. The molecule has 0 spiro atoms. The van der Waals surface area contributed by atoms with Crippen LogP contribution in [0, 0.1) is 0 Å². The van der Waals surface area contributed by atoms with Crippen molar-refractivity contribution in [2.45, 2.75) is 19.4 Å². The van der Waals surface area contributed by atoms with E-state index in [0.717, 1.165) is 5.75 Å². The first-order valence-electron chi connectivity index (χ1n) is 5.25. The van der Waals surface area contributed by atoms with Gasteiger partial charge >= 0.3 is 5.97 Å². The summed E-state index contributed by atoms with van der Waals surface area (Å²) in [6.45, 7) is 1.70. The zero-order chi connectivity index (χ0) is 12.8. The van der Waals surface area contributed by atoms with E-state index in [0.29, 0.717) is 12.2 Å².